The van der Waals surface area contributed by atoms with Crippen molar-refractivity contribution in [2.45, 2.75) is 32.4 Å². The molecule has 0 saturated carbocycles. The topological polar surface area (TPSA) is 40.5 Å². The fourth-order valence-electron chi connectivity index (χ4n) is 1.50. The van der Waals surface area contributed by atoms with Gasteiger partial charge in [-0.25, -0.2) is 0 Å². The molecule has 0 spiro atoms. The van der Waals surface area contributed by atoms with Gasteiger partial charge in [-0.2, -0.15) is 11.8 Å². The fourth-order valence-corrected chi connectivity index (χ4v) is 2.33. The molecule has 1 aliphatic heterocycles. The van der Waals surface area contributed by atoms with Gasteiger partial charge in [0.05, 0.1) is 6.42 Å². The second-order valence-electron chi connectivity index (χ2n) is 3.67. The van der Waals surface area contributed by atoms with E-state index in [0.717, 1.165) is 11.5 Å². The number of carboxylic acid groups (broad SMARTS) is 1. The Bertz CT molecular complexity index is 180. The van der Waals surface area contributed by atoms with Gasteiger partial charge in [-0.3, -0.25) is 9.69 Å². The number of carbonyl (C=O) groups is 1. The zero-order valence-corrected chi connectivity index (χ0v) is 9.01. The Kier molecular flexibility index (Phi) is 4.06. The summed E-state index contributed by atoms with van der Waals surface area (Å²) in [7, 11) is 0. The van der Waals surface area contributed by atoms with Gasteiger partial charge in [0.25, 0.3) is 0 Å². The van der Waals surface area contributed by atoms with E-state index < -0.39 is 5.97 Å². The highest BCUT2D eigenvalue weighted by Gasteiger charge is 2.27. The van der Waals surface area contributed by atoms with Crippen LogP contribution in [0.3, 0.4) is 0 Å². The Labute approximate surface area is 83.5 Å². The van der Waals surface area contributed by atoms with Crippen molar-refractivity contribution in [3.8, 4) is 0 Å². The third kappa shape index (κ3) is 3.19. The van der Waals surface area contributed by atoms with Crippen molar-refractivity contribution >= 4 is 17.7 Å². The van der Waals surface area contributed by atoms with Crippen molar-refractivity contribution in [1.82, 2.24) is 4.90 Å². The van der Waals surface area contributed by atoms with Gasteiger partial charge < -0.3 is 5.11 Å². The minimum Gasteiger partial charge on any atom is -0.481 e. The maximum atomic E-state index is 10.4. The van der Waals surface area contributed by atoms with Gasteiger partial charge in [-0.1, -0.05) is 0 Å². The van der Waals surface area contributed by atoms with Crippen LogP contribution in [-0.4, -0.2) is 46.1 Å². The number of carboxylic acids is 1. The smallest absolute Gasteiger partial charge is 0.304 e. The minimum atomic E-state index is -0.697. The molecule has 76 valence electrons. The zero-order chi connectivity index (χ0) is 9.84. The lowest BCUT2D eigenvalue weighted by Gasteiger charge is -2.39. The van der Waals surface area contributed by atoms with Crippen molar-refractivity contribution in [3.63, 3.8) is 0 Å². The van der Waals surface area contributed by atoms with E-state index in [-0.39, 0.29) is 6.42 Å². The van der Waals surface area contributed by atoms with Gasteiger partial charge in [-0.15, -0.1) is 0 Å². The third-order valence-electron chi connectivity index (χ3n) is 2.34. The molecule has 0 aromatic heterocycles. The number of hydrogen-bond acceptors (Lipinski definition) is 3. The normalized spacial score (nSPS) is 17.8. The molecular weight excluding hydrogens is 186 g/mol. The molecule has 1 saturated heterocycles. The van der Waals surface area contributed by atoms with Crippen molar-refractivity contribution in [3.05, 3.63) is 0 Å². The van der Waals surface area contributed by atoms with Gasteiger partial charge in [0, 0.05) is 30.1 Å². The van der Waals surface area contributed by atoms with E-state index in [0.29, 0.717) is 18.6 Å². The molecule has 1 rings (SSSR count). The summed E-state index contributed by atoms with van der Waals surface area (Å²) < 4.78 is 0. The summed E-state index contributed by atoms with van der Waals surface area (Å²) in [5.74, 6) is 1.63. The summed E-state index contributed by atoms with van der Waals surface area (Å²) in [6.45, 7) is 4.95. The van der Waals surface area contributed by atoms with Crippen LogP contribution in [0.4, 0.5) is 0 Å². The lowest BCUT2D eigenvalue weighted by molar-refractivity contribution is -0.137. The van der Waals surface area contributed by atoms with Gasteiger partial charge in [0.15, 0.2) is 0 Å². The van der Waals surface area contributed by atoms with Crippen LogP contribution in [0.5, 0.6) is 0 Å². The Balaban J connectivity index is 2.33. The maximum absolute atomic E-state index is 10.4. The number of rotatable bonds is 5. The highest BCUT2D eigenvalue weighted by atomic mass is 32.2. The zero-order valence-electron chi connectivity index (χ0n) is 8.19. The standard InChI is InChI=1S/C9H17NO2S/c1-7(2)10(4-3-9(11)12)8-5-13-6-8/h7-8H,3-6H2,1-2H3,(H,11,12). The molecule has 0 unspecified atom stereocenters. The van der Waals surface area contributed by atoms with Gasteiger partial charge >= 0.3 is 5.97 Å². The molecule has 13 heavy (non-hydrogen) atoms. The molecule has 0 aliphatic carbocycles. The number of thioether (sulfide) groups is 1. The van der Waals surface area contributed by atoms with Crippen LogP contribution in [0, 0.1) is 0 Å². The van der Waals surface area contributed by atoms with E-state index in [4.69, 9.17) is 5.11 Å². The summed E-state index contributed by atoms with van der Waals surface area (Å²) in [6.07, 6.45) is 0.263. The monoisotopic (exact) mass is 203 g/mol. The number of nitrogens with zero attached hydrogens (tertiary/aromatic N) is 1. The van der Waals surface area contributed by atoms with Crippen molar-refractivity contribution in [1.29, 1.82) is 0 Å². The Morgan fingerprint density at radius 2 is 2.23 bits per heavy atom. The average Bonchev–Trinajstić information content (AvgIpc) is 1.92. The summed E-state index contributed by atoms with van der Waals surface area (Å²) in [5.41, 5.74) is 0. The van der Waals surface area contributed by atoms with Crippen LogP contribution < -0.4 is 0 Å². The number of hydrogen-bond donors (Lipinski definition) is 1. The van der Waals surface area contributed by atoms with Crippen LogP contribution in [0.25, 0.3) is 0 Å². The fraction of sp³-hybridized carbons (Fsp3) is 0.889. The summed E-state index contributed by atoms with van der Waals surface area (Å²) >= 11 is 1.94. The van der Waals surface area contributed by atoms with Crippen LogP contribution >= 0.6 is 11.8 Å². The molecule has 1 fully saturated rings. The first kappa shape index (κ1) is 10.9. The second-order valence-corrected chi connectivity index (χ2v) is 4.74. The molecule has 4 heteroatoms. The molecule has 0 amide bonds. The third-order valence-corrected chi connectivity index (χ3v) is 3.58. The van der Waals surface area contributed by atoms with Gasteiger partial charge in [0.2, 0.25) is 0 Å². The molecule has 3 nitrogen and oxygen atoms in total. The molecule has 1 heterocycles. The molecule has 1 N–H and O–H groups in total. The van der Waals surface area contributed by atoms with Crippen LogP contribution in [0.15, 0.2) is 0 Å². The summed E-state index contributed by atoms with van der Waals surface area (Å²) in [4.78, 5) is 12.7. The van der Waals surface area contributed by atoms with Crippen molar-refractivity contribution in [2.75, 3.05) is 18.1 Å². The SMILES string of the molecule is CC(C)N(CCC(=O)O)C1CSC1. The molecular formula is C9H17NO2S. The Morgan fingerprint density at radius 3 is 2.54 bits per heavy atom. The summed E-state index contributed by atoms with van der Waals surface area (Å²) in [6, 6.07) is 1.08. The van der Waals surface area contributed by atoms with Crippen LogP contribution in [0.2, 0.25) is 0 Å². The molecule has 0 aromatic rings. The van der Waals surface area contributed by atoms with E-state index in [9.17, 15) is 4.79 Å². The van der Waals surface area contributed by atoms with E-state index in [1.54, 1.807) is 0 Å². The van der Waals surface area contributed by atoms with E-state index >= 15 is 0 Å². The second kappa shape index (κ2) is 4.86. The molecule has 0 atom stereocenters. The quantitative estimate of drug-likeness (QED) is 0.731. The summed E-state index contributed by atoms with van der Waals surface area (Å²) in [5, 5.41) is 8.58. The molecule has 0 aromatic carbocycles. The average molecular weight is 203 g/mol. The molecule has 1 aliphatic rings. The van der Waals surface area contributed by atoms with E-state index in [1.165, 1.54) is 0 Å². The van der Waals surface area contributed by atoms with Gasteiger partial charge in [-0.05, 0) is 13.8 Å². The molecule has 0 radical (unpaired) electrons. The predicted octanol–water partition coefficient (Wildman–Crippen LogP) is 1.29. The highest BCUT2D eigenvalue weighted by Crippen LogP contribution is 2.24. The lowest BCUT2D eigenvalue weighted by atomic mass is 10.2. The Morgan fingerprint density at radius 1 is 1.62 bits per heavy atom. The molecule has 0 bridgehead atoms. The minimum absolute atomic E-state index is 0.263. The lowest BCUT2D eigenvalue weighted by Crippen LogP contribution is -2.48. The number of aliphatic carboxylic acids is 1. The Hall–Kier alpha value is -0.220. The van der Waals surface area contributed by atoms with E-state index in [1.807, 2.05) is 11.8 Å². The highest BCUT2D eigenvalue weighted by molar-refractivity contribution is 8.00. The van der Waals surface area contributed by atoms with Crippen molar-refractivity contribution < 1.29 is 9.90 Å². The van der Waals surface area contributed by atoms with Crippen LogP contribution in [0.1, 0.15) is 20.3 Å². The largest absolute Gasteiger partial charge is 0.481 e. The maximum Gasteiger partial charge on any atom is 0.304 e. The van der Waals surface area contributed by atoms with Crippen LogP contribution in [-0.2, 0) is 4.79 Å². The first-order valence-electron chi connectivity index (χ1n) is 4.66. The van der Waals surface area contributed by atoms with Crippen molar-refractivity contribution in [2.24, 2.45) is 0 Å². The first-order valence-corrected chi connectivity index (χ1v) is 5.82. The van der Waals surface area contributed by atoms with E-state index in [2.05, 4.69) is 18.7 Å². The first-order chi connectivity index (χ1) is 6.11. The predicted molar refractivity (Wildman–Crippen MR) is 55.2 cm³/mol. The van der Waals surface area contributed by atoms with Gasteiger partial charge in [0.1, 0.15) is 0 Å².